The van der Waals surface area contributed by atoms with Crippen LogP contribution in [0.1, 0.15) is 24.2 Å². The van der Waals surface area contributed by atoms with Crippen molar-refractivity contribution in [3.63, 3.8) is 0 Å². The van der Waals surface area contributed by atoms with Gasteiger partial charge in [0.1, 0.15) is 11.6 Å². The fourth-order valence-corrected chi connectivity index (χ4v) is 2.68. The number of nitrogen functional groups attached to an aromatic ring is 1. The van der Waals surface area contributed by atoms with E-state index < -0.39 is 0 Å². The van der Waals surface area contributed by atoms with E-state index in [0.29, 0.717) is 29.2 Å². The van der Waals surface area contributed by atoms with Crippen LogP contribution >= 0.6 is 0 Å². The Morgan fingerprint density at radius 2 is 1.92 bits per heavy atom. The minimum Gasteiger partial charge on any atom is -0.383 e. The second kappa shape index (κ2) is 6.89. The van der Waals surface area contributed by atoms with Gasteiger partial charge in [-0.2, -0.15) is 0 Å². The van der Waals surface area contributed by atoms with E-state index in [4.69, 9.17) is 5.73 Å². The fourth-order valence-electron chi connectivity index (χ4n) is 2.68. The molecule has 0 spiro atoms. The molecule has 2 aromatic carbocycles. The SMILES string of the molecule is CC(C)CNC(=O)c1cnc(N)c2cc(-c3cccc(F)c3)ccc12. The third kappa shape index (κ3) is 3.60. The number of nitrogens with zero attached hydrogens (tertiary/aromatic N) is 1. The predicted molar refractivity (Wildman–Crippen MR) is 98.7 cm³/mol. The summed E-state index contributed by atoms with van der Waals surface area (Å²) in [6, 6.07) is 11.9. The lowest BCUT2D eigenvalue weighted by atomic mass is 9.99. The Bertz CT molecular complexity index is 937. The standard InChI is InChI=1S/C20H20FN3O/c1-12(2)10-24-20(25)18-11-23-19(22)17-9-14(6-7-16(17)18)13-4-3-5-15(21)8-13/h3-9,11-12H,10H2,1-2H3,(H2,22,23)(H,24,25). The zero-order valence-electron chi connectivity index (χ0n) is 14.2. The Morgan fingerprint density at radius 3 is 2.64 bits per heavy atom. The van der Waals surface area contributed by atoms with E-state index in [0.717, 1.165) is 16.5 Å². The van der Waals surface area contributed by atoms with Crippen molar-refractivity contribution in [1.82, 2.24) is 10.3 Å². The number of hydrogen-bond donors (Lipinski definition) is 2. The molecule has 1 amide bonds. The highest BCUT2D eigenvalue weighted by atomic mass is 19.1. The number of fused-ring (bicyclic) bond motifs is 1. The van der Waals surface area contributed by atoms with Gasteiger partial charge in [-0.15, -0.1) is 0 Å². The number of nitrogens with one attached hydrogen (secondary N) is 1. The fraction of sp³-hybridized carbons (Fsp3) is 0.200. The molecule has 1 aromatic heterocycles. The van der Waals surface area contributed by atoms with Crippen LogP contribution in [0, 0.1) is 11.7 Å². The molecular formula is C20H20FN3O. The number of benzene rings is 2. The van der Waals surface area contributed by atoms with E-state index >= 15 is 0 Å². The van der Waals surface area contributed by atoms with Crippen molar-refractivity contribution in [3.05, 3.63) is 60.0 Å². The monoisotopic (exact) mass is 337 g/mol. The number of carbonyl (C=O) groups excluding carboxylic acids is 1. The number of amides is 1. The largest absolute Gasteiger partial charge is 0.383 e. The second-order valence-electron chi connectivity index (χ2n) is 6.43. The summed E-state index contributed by atoms with van der Waals surface area (Å²) in [5.41, 5.74) is 8.06. The molecule has 0 bridgehead atoms. The zero-order valence-corrected chi connectivity index (χ0v) is 14.2. The van der Waals surface area contributed by atoms with Crippen molar-refractivity contribution in [1.29, 1.82) is 0 Å². The second-order valence-corrected chi connectivity index (χ2v) is 6.43. The molecule has 128 valence electrons. The number of aromatic nitrogens is 1. The van der Waals surface area contributed by atoms with Crippen LogP contribution in [0.2, 0.25) is 0 Å². The molecule has 0 fully saturated rings. The first-order valence-corrected chi connectivity index (χ1v) is 8.18. The van der Waals surface area contributed by atoms with Crippen LogP contribution < -0.4 is 11.1 Å². The molecule has 3 aromatic rings. The van der Waals surface area contributed by atoms with Gasteiger partial charge >= 0.3 is 0 Å². The summed E-state index contributed by atoms with van der Waals surface area (Å²) in [5, 5.41) is 4.30. The summed E-state index contributed by atoms with van der Waals surface area (Å²) < 4.78 is 13.5. The number of anilines is 1. The number of rotatable bonds is 4. The van der Waals surface area contributed by atoms with E-state index in [9.17, 15) is 9.18 Å². The van der Waals surface area contributed by atoms with Crippen molar-refractivity contribution < 1.29 is 9.18 Å². The summed E-state index contributed by atoms with van der Waals surface area (Å²) in [5.74, 6) is 0.223. The molecule has 0 unspecified atom stereocenters. The number of carbonyl (C=O) groups is 1. The van der Waals surface area contributed by atoms with Gasteiger partial charge in [-0.1, -0.05) is 38.1 Å². The van der Waals surface area contributed by atoms with E-state index in [2.05, 4.69) is 10.3 Å². The zero-order chi connectivity index (χ0) is 18.0. The van der Waals surface area contributed by atoms with Gasteiger partial charge in [0.25, 0.3) is 5.91 Å². The molecule has 5 heteroatoms. The average Bonchev–Trinajstić information content (AvgIpc) is 2.60. The molecule has 3 rings (SSSR count). The number of nitrogens with two attached hydrogens (primary N) is 1. The molecule has 25 heavy (non-hydrogen) atoms. The van der Waals surface area contributed by atoms with Gasteiger partial charge < -0.3 is 11.1 Å². The molecule has 0 aliphatic heterocycles. The highest BCUT2D eigenvalue weighted by Gasteiger charge is 2.14. The first-order valence-electron chi connectivity index (χ1n) is 8.18. The maximum Gasteiger partial charge on any atom is 0.253 e. The van der Waals surface area contributed by atoms with Gasteiger partial charge in [-0.05, 0) is 40.6 Å². The molecule has 0 radical (unpaired) electrons. The van der Waals surface area contributed by atoms with E-state index in [1.165, 1.54) is 18.3 Å². The molecule has 0 saturated heterocycles. The number of hydrogen-bond acceptors (Lipinski definition) is 3. The maximum absolute atomic E-state index is 13.5. The van der Waals surface area contributed by atoms with E-state index in [1.54, 1.807) is 6.07 Å². The average molecular weight is 337 g/mol. The molecule has 0 aliphatic rings. The van der Waals surface area contributed by atoms with Crippen molar-refractivity contribution in [2.75, 3.05) is 12.3 Å². The lowest BCUT2D eigenvalue weighted by Crippen LogP contribution is -2.27. The van der Waals surface area contributed by atoms with E-state index in [-0.39, 0.29) is 11.7 Å². The highest BCUT2D eigenvalue weighted by molar-refractivity contribution is 6.09. The summed E-state index contributed by atoms with van der Waals surface area (Å²) in [7, 11) is 0. The molecule has 3 N–H and O–H groups in total. The highest BCUT2D eigenvalue weighted by Crippen LogP contribution is 2.29. The lowest BCUT2D eigenvalue weighted by Gasteiger charge is -2.12. The number of halogens is 1. The van der Waals surface area contributed by atoms with Gasteiger partial charge in [-0.3, -0.25) is 4.79 Å². The van der Waals surface area contributed by atoms with Gasteiger partial charge in [0.15, 0.2) is 0 Å². The Kier molecular flexibility index (Phi) is 4.65. The van der Waals surface area contributed by atoms with Crippen LogP contribution in [0.3, 0.4) is 0 Å². The van der Waals surface area contributed by atoms with Gasteiger partial charge in [0, 0.05) is 18.1 Å². The van der Waals surface area contributed by atoms with Crippen molar-refractivity contribution >= 4 is 22.5 Å². The summed E-state index contributed by atoms with van der Waals surface area (Å²) >= 11 is 0. The lowest BCUT2D eigenvalue weighted by molar-refractivity contribution is 0.0950. The normalized spacial score (nSPS) is 11.0. The third-order valence-corrected chi connectivity index (χ3v) is 3.99. The smallest absolute Gasteiger partial charge is 0.253 e. The minimum atomic E-state index is -0.300. The maximum atomic E-state index is 13.5. The quantitative estimate of drug-likeness (QED) is 0.756. The molecule has 0 aliphatic carbocycles. The van der Waals surface area contributed by atoms with Gasteiger partial charge in [0.05, 0.1) is 5.56 Å². The van der Waals surface area contributed by atoms with Crippen molar-refractivity contribution in [2.24, 2.45) is 5.92 Å². The Labute approximate surface area is 145 Å². The first kappa shape index (κ1) is 16.9. The van der Waals surface area contributed by atoms with Crippen molar-refractivity contribution in [2.45, 2.75) is 13.8 Å². The third-order valence-electron chi connectivity index (χ3n) is 3.99. The van der Waals surface area contributed by atoms with Crippen molar-refractivity contribution in [3.8, 4) is 11.1 Å². The molecule has 4 nitrogen and oxygen atoms in total. The van der Waals surface area contributed by atoms with Crippen LogP contribution in [-0.4, -0.2) is 17.4 Å². The molecule has 1 heterocycles. The Hall–Kier alpha value is -2.95. The summed E-state index contributed by atoms with van der Waals surface area (Å²) in [4.78, 5) is 16.6. The van der Waals surface area contributed by atoms with Crippen LogP contribution in [0.5, 0.6) is 0 Å². The van der Waals surface area contributed by atoms with Crippen LogP contribution in [0.15, 0.2) is 48.7 Å². The van der Waals surface area contributed by atoms with E-state index in [1.807, 2.05) is 38.1 Å². The van der Waals surface area contributed by atoms with Crippen LogP contribution in [0.4, 0.5) is 10.2 Å². The molecule has 0 atom stereocenters. The molecule has 0 saturated carbocycles. The summed E-state index contributed by atoms with van der Waals surface area (Å²) in [6.45, 7) is 4.65. The van der Waals surface area contributed by atoms with Gasteiger partial charge in [0.2, 0.25) is 0 Å². The number of pyridine rings is 1. The Balaban J connectivity index is 2.05. The minimum absolute atomic E-state index is 0.176. The topological polar surface area (TPSA) is 68.0 Å². The van der Waals surface area contributed by atoms with Gasteiger partial charge in [-0.25, -0.2) is 9.37 Å². The molecular weight excluding hydrogens is 317 g/mol. The summed E-state index contributed by atoms with van der Waals surface area (Å²) in [6.07, 6.45) is 1.50. The van der Waals surface area contributed by atoms with Crippen LogP contribution in [-0.2, 0) is 0 Å². The Morgan fingerprint density at radius 1 is 1.16 bits per heavy atom. The first-order chi connectivity index (χ1) is 12.0. The predicted octanol–water partition coefficient (Wildman–Crippen LogP) is 4.01. The van der Waals surface area contributed by atoms with Crippen LogP contribution in [0.25, 0.3) is 21.9 Å².